The normalized spacial score (nSPS) is 17.2. The first-order chi connectivity index (χ1) is 11.6. The van der Waals surface area contributed by atoms with Gasteiger partial charge in [-0.1, -0.05) is 29.3 Å². The SMILES string of the molecule is O=C(CCC1CCNC1)Nc1ccnn1Cc1ccc(Cl)cc1Cl. The monoisotopic (exact) mass is 366 g/mol. The third-order valence-corrected chi connectivity index (χ3v) is 4.85. The van der Waals surface area contributed by atoms with Crippen molar-refractivity contribution in [3.8, 4) is 0 Å². The number of carbonyl (C=O) groups is 1. The van der Waals surface area contributed by atoms with Gasteiger partial charge in [0.25, 0.3) is 0 Å². The van der Waals surface area contributed by atoms with E-state index in [1.54, 1.807) is 29.1 Å². The lowest BCUT2D eigenvalue weighted by atomic mass is 10.0. The first-order valence-corrected chi connectivity index (χ1v) is 8.84. The smallest absolute Gasteiger partial charge is 0.225 e. The molecule has 1 amide bonds. The van der Waals surface area contributed by atoms with Crippen LogP contribution in [0, 0.1) is 5.92 Å². The number of hydrogen-bond donors (Lipinski definition) is 2. The molecule has 2 heterocycles. The summed E-state index contributed by atoms with van der Waals surface area (Å²) in [7, 11) is 0. The number of anilines is 1. The van der Waals surface area contributed by atoms with E-state index in [9.17, 15) is 4.79 Å². The topological polar surface area (TPSA) is 59.0 Å². The molecule has 0 radical (unpaired) electrons. The summed E-state index contributed by atoms with van der Waals surface area (Å²) in [5.41, 5.74) is 0.900. The molecule has 0 aliphatic carbocycles. The van der Waals surface area contributed by atoms with E-state index in [0.717, 1.165) is 31.5 Å². The molecular formula is C17H20Cl2N4O. The van der Waals surface area contributed by atoms with Crippen LogP contribution in [-0.4, -0.2) is 28.8 Å². The van der Waals surface area contributed by atoms with Crippen LogP contribution >= 0.6 is 23.2 Å². The van der Waals surface area contributed by atoms with Gasteiger partial charge in [0, 0.05) is 22.5 Å². The van der Waals surface area contributed by atoms with Gasteiger partial charge in [0.05, 0.1) is 12.7 Å². The van der Waals surface area contributed by atoms with Gasteiger partial charge in [-0.25, -0.2) is 4.68 Å². The Morgan fingerprint density at radius 2 is 2.25 bits per heavy atom. The van der Waals surface area contributed by atoms with E-state index >= 15 is 0 Å². The van der Waals surface area contributed by atoms with Crippen molar-refractivity contribution in [2.75, 3.05) is 18.4 Å². The summed E-state index contributed by atoms with van der Waals surface area (Å²) in [5.74, 6) is 1.30. The lowest BCUT2D eigenvalue weighted by molar-refractivity contribution is -0.116. The summed E-state index contributed by atoms with van der Waals surface area (Å²) in [5, 5.41) is 11.7. The molecular weight excluding hydrogens is 347 g/mol. The molecule has 1 fully saturated rings. The number of amides is 1. The third kappa shape index (κ3) is 4.50. The number of rotatable bonds is 6. The van der Waals surface area contributed by atoms with Crippen molar-refractivity contribution < 1.29 is 4.79 Å². The van der Waals surface area contributed by atoms with Crippen molar-refractivity contribution in [2.24, 2.45) is 5.92 Å². The van der Waals surface area contributed by atoms with E-state index in [1.165, 1.54) is 0 Å². The third-order valence-electron chi connectivity index (χ3n) is 4.26. The van der Waals surface area contributed by atoms with Crippen LogP contribution < -0.4 is 10.6 Å². The fourth-order valence-corrected chi connectivity index (χ4v) is 3.35. The maximum Gasteiger partial charge on any atom is 0.225 e. The largest absolute Gasteiger partial charge is 0.316 e. The van der Waals surface area contributed by atoms with Gasteiger partial charge in [-0.15, -0.1) is 0 Å². The number of halogens is 2. The number of benzene rings is 1. The van der Waals surface area contributed by atoms with Crippen molar-refractivity contribution in [3.63, 3.8) is 0 Å². The highest BCUT2D eigenvalue weighted by Gasteiger charge is 2.16. The van der Waals surface area contributed by atoms with Crippen molar-refractivity contribution in [1.29, 1.82) is 0 Å². The van der Waals surface area contributed by atoms with Crippen LogP contribution in [-0.2, 0) is 11.3 Å². The van der Waals surface area contributed by atoms with Gasteiger partial charge in [-0.2, -0.15) is 5.10 Å². The van der Waals surface area contributed by atoms with Crippen LogP contribution in [0.2, 0.25) is 10.0 Å². The van der Waals surface area contributed by atoms with Crippen molar-refractivity contribution in [3.05, 3.63) is 46.1 Å². The summed E-state index contributed by atoms with van der Waals surface area (Å²) in [4.78, 5) is 12.2. The van der Waals surface area contributed by atoms with Crippen LogP contribution in [0.15, 0.2) is 30.5 Å². The average Bonchev–Trinajstić information content (AvgIpc) is 3.20. The molecule has 7 heteroatoms. The van der Waals surface area contributed by atoms with Crippen LogP contribution in [0.5, 0.6) is 0 Å². The lowest BCUT2D eigenvalue weighted by Crippen LogP contribution is -2.17. The van der Waals surface area contributed by atoms with Crippen LogP contribution in [0.4, 0.5) is 5.82 Å². The molecule has 1 atom stereocenters. The minimum atomic E-state index is 0.0193. The molecule has 1 unspecified atom stereocenters. The van der Waals surface area contributed by atoms with E-state index in [0.29, 0.717) is 34.7 Å². The van der Waals surface area contributed by atoms with Crippen LogP contribution in [0.3, 0.4) is 0 Å². The fraction of sp³-hybridized carbons (Fsp3) is 0.412. The number of aromatic nitrogens is 2. The van der Waals surface area contributed by atoms with Gasteiger partial charge in [0.15, 0.2) is 0 Å². The minimum Gasteiger partial charge on any atom is -0.316 e. The molecule has 2 N–H and O–H groups in total. The summed E-state index contributed by atoms with van der Waals surface area (Å²) in [6.45, 7) is 2.55. The minimum absolute atomic E-state index is 0.0193. The lowest BCUT2D eigenvalue weighted by Gasteiger charge is -2.11. The zero-order valence-corrected chi connectivity index (χ0v) is 14.8. The number of nitrogens with one attached hydrogen (secondary N) is 2. The summed E-state index contributed by atoms with van der Waals surface area (Å²) in [6.07, 6.45) is 4.26. The van der Waals surface area contributed by atoms with Gasteiger partial charge >= 0.3 is 0 Å². The van der Waals surface area contributed by atoms with Gasteiger partial charge in [-0.05, 0) is 49.5 Å². The number of hydrogen-bond acceptors (Lipinski definition) is 3. The summed E-state index contributed by atoms with van der Waals surface area (Å²) < 4.78 is 1.73. The highest BCUT2D eigenvalue weighted by atomic mass is 35.5. The second-order valence-electron chi connectivity index (χ2n) is 6.06. The van der Waals surface area contributed by atoms with Crippen LogP contribution in [0.25, 0.3) is 0 Å². The molecule has 0 spiro atoms. The Bertz CT molecular complexity index is 710. The van der Waals surface area contributed by atoms with Crippen LogP contribution in [0.1, 0.15) is 24.8 Å². The molecule has 3 rings (SSSR count). The molecule has 1 saturated heterocycles. The van der Waals surface area contributed by atoms with Gasteiger partial charge in [-0.3, -0.25) is 4.79 Å². The first kappa shape index (κ1) is 17.3. The Morgan fingerprint density at radius 3 is 3.00 bits per heavy atom. The Morgan fingerprint density at radius 1 is 1.38 bits per heavy atom. The predicted molar refractivity (Wildman–Crippen MR) is 96.6 cm³/mol. The highest BCUT2D eigenvalue weighted by Crippen LogP contribution is 2.23. The average molecular weight is 367 g/mol. The van der Waals surface area contributed by atoms with E-state index in [1.807, 2.05) is 6.07 Å². The molecule has 2 aromatic rings. The van der Waals surface area contributed by atoms with Crippen molar-refractivity contribution >= 4 is 34.9 Å². The van der Waals surface area contributed by atoms with E-state index < -0.39 is 0 Å². The summed E-state index contributed by atoms with van der Waals surface area (Å²) >= 11 is 12.1. The molecule has 5 nitrogen and oxygen atoms in total. The molecule has 0 saturated carbocycles. The molecule has 0 bridgehead atoms. The zero-order valence-electron chi connectivity index (χ0n) is 13.3. The molecule has 1 aromatic carbocycles. The molecule has 1 aliphatic heterocycles. The number of nitrogens with zero attached hydrogens (tertiary/aromatic N) is 2. The van der Waals surface area contributed by atoms with E-state index in [4.69, 9.17) is 23.2 Å². The maximum absolute atomic E-state index is 12.2. The molecule has 128 valence electrons. The Kier molecular flexibility index (Phi) is 5.76. The highest BCUT2D eigenvalue weighted by molar-refractivity contribution is 6.35. The Labute approximate surface area is 151 Å². The Hall–Kier alpha value is -1.56. The predicted octanol–water partition coefficient (Wildman–Crippen LogP) is 3.57. The second-order valence-corrected chi connectivity index (χ2v) is 6.90. The first-order valence-electron chi connectivity index (χ1n) is 8.08. The fourth-order valence-electron chi connectivity index (χ4n) is 2.88. The number of carbonyl (C=O) groups excluding carboxylic acids is 1. The quantitative estimate of drug-likeness (QED) is 0.821. The van der Waals surface area contributed by atoms with E-state index in [-0.39, 0.29) is 5.91 Å². The van der Waals surface area contributed by atoms with Gasteiger partial charge < -0.3 is 10.6 Å². The molecule has 1 aromatic heterocycles. The van der Waals surface area contributed by atoms with E-state index in [2.05, 4.69) is 15.7 Å². The standard InChI is InChI=1S/C17H20Cl2N4O/c18-14-3-2-13(15(19)9-14)11-23-16(6-8-21-23)22-17(24)4-1-12-5-7-20-10-12/h2-3,6,8-9,12,20H,1,4-5,7,10-11H2,(H,22,24). The van der Waals surface area contributed by atoms with Crippen molar-refractivity contribution in [2.45, 2.75) is 25.8 Å². The summed E-state index contributed by atoms with van der Waals surface area (Å²) in [6, 6.07) is 7.15. The molecule has 1 aliphatic rings. The Balaban J connectivity index is 1.59. The van der Waals surface area contributed by atoms with Crippen molar-refractivity contribution in [1.82, 2.24) is 15.1 Å². The zero-order chi connectivity index (χ0) is 16.9. The van der Waals surface area contributed by atoms with Gasteiger partial charge in [0.1, 0.15) is 5.82 Å². The molecule has 24 heavy (non-hydrogen) atoms. The second kappa shape index (κ2) is 8.01. The maximum atomic E-state index is 12.2. The van der Waals surface area contributed by atoms with Gasteiger partial charge in [0.2, 0.25) is 5.91 Å².